The third-order valence-electron chi connectivity index (χ3n) is 4.93. The molecule has 0 spiro atoms. The zero-order valence-electron chi connectivity index (χ0n) is 15.7. The van der Waals surface area contributed by atoms with Crippen LogP contribution in [0.4, 0.5) is 5.82 Å². The minimum absolute atomic E-state index is 0.193. The minimum Gasteiger partial charge on any atom is -0.493 e. The highest BCUT2D eigenvalue weighted by Gasteiger charge is 2.16. The van der Waals surface area contributed by atoms with Crippen LogP contribution in [0.1, 0.15) is 23.4 Å². The zero-order chi connectivity index (χ0) is 19.0. The lowest BCUT2D eigenvalue weighted by Gasteiger charge is -2.26. The smallest absolute Gasteiger partial charge is 0.258 e. The number of benzene rings is 1. The SMILES string of the molecule is COc1cc2nc(Cc3cnc4c(c3)CCCN4C)[nH]c(=O)c2cc1OC. The van der Waals surface area contributed by atoms with Crippen LogP contribution in [0.25, 0.3) is 10.9 Å². The topological polar surface area (TPSA) is 80.3 Å². The van der Waals surface area contributed by atoms with Gasteiger partial charge in [0.1, 0.15) is 11.6 Å². The fourth-order valence-corrected chi connectivity index (χ4v) is 3.58. The summed E-state index contributed by atoms with van der Waals surface area (Å²) in [4.78, 5) is 26.8. The molecule has 3 aromatic rings. The van der Waals surface area contributed by atoms with Crippen LogP contribution < -0.4 is 19.9 Å². The quantitative estimate of drug-likeness (QED) is 0.763. The van der Waals surface area contributed by atoms with E-state index in [1.54, 1.807) is 26.4 Å². The first-order valence-electron chi connectivity index (χ1n) is 8.93. The summed E-state index contributed by atoms with van der Waals surface area (Å²) in [6.45, 7) is 1.03. The molecule has 140 valence electrons. The van der Waals surface area contributed by atoms with E-state index in [1.807, 2.05) is 6.20 Å². The summed E-state index contributed by atoms with van der Waals surface area (Å²) in [5.74, 6) is 2.70. The molecular weight excluding hydrogens is 344 g/mol. The molecule has 0 fully saturated rings. The number of aromatic amines is 1. The first-order chi connectivity index (χ1) is 13.1. The first-order valence-corrected chi connectivity index (χ1v) is 8.93. The first kappa shape index (κ1) is 17.3. The molecule has 2 aromatic heterocycles. The predicted octanol–water partition coefficient (Wildman–Crippen LogP) is 2.31. The molecule has 0 saturated carbocycles. The summed E-state index contributed by atoms with van der Waals surface area (Å²) in [5, 5.41) is 0.474. The number of nitrogens with zero attached hydrogens (tertiary/aromatic N) is 3. The van der Waals surface area contributed by atoms with Gasteiger partial charge in [-0.05, 0) is 30.0 Å². The molecule has 1 N–H and O–H groups in total. The van der Waals surface area contributed by atoms with Crippen molar-refractivity contribution in [2.45, 2.75) is 19.3 Å². The van der Waals surface area contributed by atoms with Crippen molar-refractivity contribution in [1.82, 2.24) is 15.0 Å². The second-order valence-electron chi connectivity index (χ2n) is 6.77. The largest absolute Gasteiger partial charge is 0.493 e. The lowest BCUT2D eigenvalue weighted by molar-refractivity contribution is 0.355. The molecule has 1 aliphatic rings. The maximum Gasteiger partial charge on any atom is 0.258 e. The molecular formula is C20H22N4O3. The molecule has 1 aromatic carbocycles. The van der Waals surface area contributed by atoms with E-state index in [0.29, 0.717) is 34.6 Å². The van der Waals surface area contributed by atoms with Gasteiger partial charge in [-0.2, -0.15) is 0 Å². The van der Waals surface area contributed by atoms with E-state index in [0.717, 1.165) is 30.8 Å². The molecule has 7 heteroatoms. The number of aromatic nitrogens is 3. The van der Waals surface area contributed by atoms with Gasteiger partial charge in [0.15, 0.2) is 11.5 Å². The Bertz CT molecular complexity index is 1060. The van der Waals surface area contributed by atoms with Crippen LogP contribution in [0.2, 0.25) is 0 Å². The highest BCUT2D eigenvalue weighted by molar-refractivity contribution is 5.81. The molecule has 1 aliphatic heterocycles. The molecule has 0 radical (unpaired) electrons. The Hall–Kier alpha value is -3.09. The summed E-state index contributed by atoms with van der Waals surface area (Å²) in [6, 6.07) is 5.55. The number of H-pyrrole nitrogens is 1. The van der Waals surface area contributed by atoms with Crippen LogP contribution in [-0.2, 0) is 12.8 Å². The molecule has 27 heavy (non-hydrogen) atoms. The monoisotopic (exact) mass is 366 g/mol. The van der Waals surface area contributed by atoms with Crippen LogP contribution in [0, 0.1) is 0 Å². The van der Waals surface area contributed by atoms with Crippen molar-refractivity contribution in [3.05, 3.63) is 51.7 Å². The Morgan fingerprint density at radius 2 is 1.96 bits per heavy atom. The van der Waals surface area contributed by atoms with E-state index < -0.39 is 0 Å². The minimum atomic E-state index is -0.193. The third-order valence-corrected chi connectivity index (χ3v) is 4.93. The number of rotatable bonds is 4. The maximum absolute atomic E-state index is 12.5. The van der Waals surface area contributed by atoms with E-state index in [9.17, 15) is 4.79 Å². The summed E-state index contributed by atoms with van der Waals surface area (Å²) in [5.41, 5.74) is 2.67. The number of fused-ring (bicyclic) bond motifs is 2. The molecule has 0 amide bonds. The normalized spacial score (nSPS) is 13.5. The van der Waals surface area contributed by atoms with Gasteiger partial charge in [-0.3, -0.25) is 4.79 Å². The zero-order valence-corrected chi connectivity index (χ0v) is 15.7. The lowest BCUT2D eigenvalue weighted by Crippen LogP contribution is -2.26. The number of aryl methyl sites for hydroxylation is 1. The van der Waals surface area contributed by atoms with Gasteiger partial charge < -0.3 is 19.4 Å². The second-order valence-corrected chi connectivity index (χ2v) is 6.77. The summed E-state index contributed by atoms with van der Waals surface area (Å²) < 4.78 is 10.6. The molecule has 0 atom stereocenters. The van der Waals surface area contributed by atoms with Crippen molar-refractivity contribution in [3.8, 4) is 11.5 Å². The molecule has 4 rings (SSSR count). The molecule has 0 aliphatic carbocycles. The fourth-order valence-electron chi connectivity index (χ4n) is 3.58. The summed E-state index contributed by atoms with van der Waals surface area (Å²) >= 11 is 0. The average molecular weight is 366 g/mol. The average Bonchev–Trinajstić information content (AvgIpc) is 2.67. The standard InChI is InChI=1S/C20H22N4O3/c1-24-6-4-5-13-7-12(11-21-19(13)24)8-18-22-15-10-17(27-3)16(26-2)9-14(15)20(25)23-18/h7,9-11H,4-6,8H2,1-3H3,(H,22,23,25). The Morgan fingerprint density at radius 3 is 2.74 bits per heavy atom. The second kappa shape index (κ2) is 6.90. The highest BCUT2D eigenvalue weighted by atomic mass is 16.5. The van der Waals surface area contributed by atoms with Crippen molar-refractivity contribution in [3.63, 3.8) is 0 Å². The predicted molar refractivity (Wildman–Crippen MR) is 104 cm³/mol. The number of hydrogen-bond donors (Lipinski definition) is 1. The number of ether oxygens (including phenoxy) is 2. The van der Waals surface area contributed by atoms with Gasteiger partial charge in [0.25, 0.3) is 5.56 Å². The van der Waals surface area contributed by atoms with Crippen molar-refractivity contribution >= 4 is 16.7 Å². The Labute approximate surface area is 157 Å². The van der Waals surface area contributed by atoms with Crippen LogP contribution >= 0.6 is 0 Å². The third kappa shape index (κ3) is 3.20. The van der Waals surface area contributed by atoms with Gasteiger partial charge in [-0.25, -0.2) is 9.97 Å². The number of pyridine rings is 1. The number of anilines is 1. The number of methoxy groups -OCH3 is 2. The number of hydrogen-bond acceptors (Lipinski definition) is 6. The van der Waals surface area contributed by atoms with Gasteiger partial charge in [0, 0.05) is 32.3 Å². The van der Waals surface area contributed by atoms with Crippen LogP contribution in [0.3, 0.4) is 0 Å². The van der Waals surface area contributed by atoms with E-state index in [1.165, 1.54) is 5.56 Å². The Morgan fingerprint density at radius 1 is 1.19 bits per heavy atom. The van der Waals surface area contributed by atoms with Crippen molar-refractivity contribution in [2.75, 3.05) is 32.7 Å². The van der Waals surface area contributed by atoms with Crippen molar-refractivity contribution < 1.29 is 9.47 Å². The fraction of sp³-hybridized carbons (Fsp3) is 0.350. The van der Waals surface area contributed by atoms with E-state index >= 15 is 0 Å². The molecule has 0 unspecified atom stereocenters. The summed E-state index contributed by atoms with van der Waals surface area (Å²) in [7, 11) is 5.17. The van der Waals surface area contributed by atoms with E-state index in [4.69, 9.17) is 9.47 Å². The molecule has 3 heterocycles. The van der Waals surface area contributed by atoms with Gasteiger partial charge in [-0.15, -0.1) is 0 Å². The highest BCUT2D eigenvalue weighted by Crippen LogP contribution is 2.30. The van der Waals surface area contributed by atoms with Gasteiger partial charge in [0.05, 0.1) is 25.1 Å². The van der Waals surface area contributed by atoms with Crippen LogP contribution in [-0.4, -0.2) is 42.8 Å². The maximum atomic E-state index is 12.5. The van der Waals surface area contributed by atoms with Crippen molar-refractivity contribution in [2.24, 2.45) is 0 Å². The Kier molecular flexibility index (Phi) is 4.43. The van der Waals surface area contributed by atoms with Gasteiger partial charge >= 0.3 is 0 Å². The Balaban J connectivity index is 1.71. The molecule has 7 nitrogen and oxygen atoms in total. The van der Waals surface area contributed by atoms with Crippen LogP contribution in [0.15, 0.2) is 29.2 Å². The number of nitrogens with one attached hydrogen (secondary N) is 1. The lowest BCUT2D eigenvalue weighted by atomic mass is 10.0. The van der Waals surface area contributed by atoms with Crippen molar-refractivity contribution in [1.29, 1.82) is 0 Å². The molecule has 0 bridgehead atoms. The molecule has 0 saturated heterocycles. The van der Waals surface area contributed by atoms with Crippen LogP contribution in [0.5, 0.6) is 11.5 Å². The summed E-state index contributed by atoms with van der Waals surface area (Å²) in [6.07, 6.45) is 4.53. The van der Waals surface area contributed by atoms with Gasteiger partial charge in [-0.1, -0.05) is 6.07 Å². The van der Waals surface area contributed by atoms with E-state index in [2.05, 4.69) is 33.0 Å². The van der Waals surface area contributed by atoms with E-state index in [-0.39, 0.29) is 5.56 Å². The van der Waals surface area contributed by atoms with Gasteiger partial charge in [0.2, 0.25) is 0 Å².